The van der Waals surface area contributed by atoms with Crippen LogP contribution < -0.4 is 5.73 Å². The van der Waals surface area contributed by atoms with Crippen LogP contribution in [-0.4, -0.2) is 31.2 Å². The number of nitrogens with zero attached hydrogens (tertiary/aromatic N) is 1. The van der Waals surface area contributed by atoms with Crippen LogP contribution in [0.4, 0.5) is 5.69 Å². The number of rotatable bonds is 3. The molecule has 1 aromatic rings. The fraction of sp³-hybridized carbons (Fsp3) is 0.538. The van der Waals surface area contributed by atoms with Crippen LogP contribution in [0.3, 0.4) is 0 Å². The molecule has 100 valence electrons. The molecular formula is C13H18Cl2N2O. The van der Waals surface area contributed by atoms with E-state index in [-0.39, 0.29) is 0 Å². The van der Waals surface area contributed by atoms with E-state index < -0.39 is 0 Å². The van der Waals surface area contributed by atoms with Gasteiger partial charge in [-0.3, -0.25) is 4.90 Å². The Morgan fingerprint density at radius 2 is 1.83 bits per heavy atom. The Hall–Kier alpha value is -0.480. The Bertz CT molecular complexity index is 396. The molecule has 1 heterocycles. The van der Waals surface area contributed by atoms with Crippen LogP contribution in [0.2, 0.25) is 10.0 Å². The molecule has 1 aliphatic heterocycles. The molecule has 2 rings (SSSR count). The predicted molar refractivity (Wildman–Crippen MR) is 76.2 cm³/mol. The summed E-state index contributed by atoms with van der Waals surface area (Å²) in [5.74, 6) is 0. The fourth-order valence-electron chi connectivity index (χ4n) is 2.27. The maximum atomic E-state index is 6.04. The maximum Gasteiger partial charge on any atom is 0.0693 e. The fourth-order valence-corrected chi connectivity index (χ4v) is 2.80. The van der Waals surface area contributed by atoms with Gasteiger partial charge in [0.25, 0.3) is 0 Å². The van der Waals surface area contributed by atoms with Gasteiger partial charge in [-0.05, 0) is 37.6 Å². The van der Waals surface area contributed by atoms with E-state index in [1.807, 2.05) is 12.1 Å². The molecule has 0 atom stereocenters. The molecule has 0 unspecified atom stereocenters. The molecule has 1 aliphatic rings. The first kappa shape index (κ1) is 13.9. The van der Waals surface area contributed by atoms with E-state index in [0.717, 1.165) is 38.2 Å². The van der Waals surface area contributed by atoms with Crippen LogP contribution >= 0.6 is 23.2 Å². The highest BCUT2D eigenvalue weighted by molar-refractivity contribution is 6.38. The predicted octanol–water partition coefficient (Wildman–Crippen LogP) is 3.19. The van der Waals surface area contributed by atoms with Crippen LogP contribution in [0.25, 0.3) is 0 Å². The first-order valence-electron chi connectivity index (χ1n) is 6.09. The second-order valence-corrected chi connectivity index (χ2v) is 5.55. The Morgan fingerprint density at radius 3 is 2.39 bits per heavy atom. The van der Waals surface area contributed by atoms with E-state index in [2.05, 4.69) is 11.9 Å². The van der Waals surface area contributed by atoms with Crippen molar-refractivity contribution < 1.29 is 4.74 Å². The summed E-state index contributed by atoms with van der Waals surface area (Å²) in [4.78, 5) is 2.32. The van der Waals surface area contributed by atoms with E-state index in [1.165, 1.54) is 0 Å². The minimum atomic E-state index is 0.454. The summed E-state index contributed by atoms with van der Waals surface area (Å²) in [6, 6.07) is 4.34. The van der Waals surface area contributed by atoms with Gasteiger partial charge in [-0.1, -0.05) is 23.2 Å². The quantitative estimate of drug-likeness (QED) is 0.868. The molecule has 0 saturated carbocycles. The highest BCUT2D eigenvalue weighted by Gasteiger charge is 2.18. The zero-order valence-electron chi connectivity index (χ0n) is 10.5. The van der Waals surface area contributed by atoms with Gasteiger partial charge in [0, 0.05) is 25.8 Å². The van der Waals surface area contributed by atoms with Crippen LogP contribution in [0.5, 0.6) is 0 Å². The van der Waals surface area contributed by atoms with Crippen LogP contribution in [0.1, 0.15) is 18.4 Å². The molecule has 18 heavy (non-hydrogen) atoms. The molecule has 0 spiro atoms. The van der Waals surface area contributed by atoms with Crippen molar-refractivity contribution in [1.82, 2.24) is 4.90 Å². The van der Waals surface area contributed by atoms with Gasteiger partial charge in [0.1, 0.15) is 0 Å². The lowest BCUT2D eigenvalue weighted by molar-refractivity contribution is 0.0407. The Labute approximate surface area is 118 Å². The summed E-state index contributed by atoms with van der Waals surface area (Å²) in [5.41, 5.74) is 7.28. The summed E-state index contributed by atoms with van der Waals surface area (Å²) in [7, 11) is 2.12. The molecule has 0 aliphatic carbocycles. The third-order valence-corrected chi connectivity index (χ3v) is 4.01. The second kappa shape index (κ2) is 6.11. The van der Waals surface area contributed by atoms with Gasteiger partial charge in [0.15, 0.2) is 0 Å². The number of ether oxygens (including phenoxy) is 1. The van der Waals surface area contributed by atoms with Gasteiger partial charge in [-0.15, -0.1) is 0 Å². The molecule has 1 aromatic carbocycles. The first-order chi connectivity index (χ1) is 8.58. The maximum absolute atomic E-state index is 6.04. The van der Waals surface area contributed by atoms with E-state index in [1.54, 1.807) is 0 Å². The lowest BCUT2D eigenvalue weighted by Gasteiger charge is -2.31. The van der Waals surface area contributed by atoms with Crippen LogP contribution in [-0.2, 0) is 11.3 Å². The Kier molecular flexibility index (Phi) is 4.73. The topological polar surface area (TPSA) is 38.5 Å². The third-order valence-electron chi connectivity index (χ3n) is 3.38. The van der Waals surface area contributed by atoms with Crippen molar-refractivity contribution in [1.29, 1.82) is 0 Å². The van der Waals surface area contributed by atoms with Gasteiger partial charge in [0.2, 0.25) is 0 Å². The zero-order valence-corrected chi connectivity index (χ0v) is 12.0. The van der Waals surface area contributed by atoms with E-state index in [9.17, 15) is 0 Å². The number of hydrogen-bond donors (Lipinski definition) is 1. The van der Waals surface area contributed by atoms with Crippen molar-refractivity contribution >= 4 is 28.9 Å². The number of nitrogen functional groups attached to an aromatic ring is 1. The SMILES string of the molecule is CN(Cc1cc(Cl)c(N)c(Cl)c1)C1CCOCC1. The number of halogens is 2. The molecule has 0 aromatic heterocycles. The molecule has 3 nitrogen and oxygen atoms in total. The van der Waals surface area contributed by atoms with Gasteiger partial charge in [-0.2, -0.15) is 0 Å². The first-order valence-corrected chi connectivity index (χ1v) is 6.85. The number of benzene rings is 1. The summed E-state index contributed by atoms with van der Waals surface area (Å²) in [5, 5.41) is 1.05. The average Bonchev–Trinajstić information content (AvgIpc) is 2.37. The highest BCUT2D eigenvalue weighted by atomic mass is 35.5. The summed E-state index contributed by atoms with van der Waals surface area (Å²) in [6.07, 6.45) is 2.15. The summed E-state index contributed by atoms with van der Waals surface area (Å²) >= 11 is 12.1. The second-order valence-electron chi connectivity index (χ2n) is 4.73. The number of nitrogens with two attached hydrogens (primary N) is 1. The van der Waals surface area contributed by atoms with Crippen molar-refractivity contribution in [3.63, 3.8) is 0 Å². The molecule has 1 saturated heterocycles. The molecule has 2 N–H and O–H groups in total. The van der Waals surface area contributed by atoms with Crippen molar-refractivity contribution in [2.45, 2.75) is 25.4 Å². The van der Waals surface area contributed by atoms with Crippen molar-refractivity contribution in [2.24, 2.45) is 0 Å². The van der Waals surface area contributed by atoms with Gasteiger partial charge in [-0.25, -0.2) is 0 Å². The van der Waals surface area contributed by atoms with Crippen LogP contribution in [0, 0.1) is 0 Å². The average molecular weight is 289 g/mol. The monoisotopic (exact) mass is 288 g/mol. The van der Waals surface area contributed by atoms with E-state index >= 15 is 0 Å². The molecule has 0 radical (unpaired) electrons. The van der Waals surface area contributed by atoms with Gasteiger partial charge < -0.3 is 10.5 Å². The zero-order chi connectivity index (χ0) is 13.1. The standard InChI is InChI=1S/C13H18Cl2N2O/c1-17(10-2-4-18-5-3-10)8-9-6-11(14)13(16)12(15)7-9/h6-7,10H,2-5,8,16H2,1H3. The van der Waals surface area contributed by atoms with Crippen LogP contribution in [0.15, 0.2) is 12.1 Å². The van der Waals surface area contributed by atoms with Gasteiger partial charge >= 0.3 is 0 Å². The van der Waals surface area contributed by atoms with E-state index in [0.29, 0.717) is 21.8 Å². The molecular weight excluding hydrogens is 271 g/mol. The summed E-state index contributed by atoms with van der Waals surface area (Å²) < 4.78 is 5.37. The summed E-state index contributed by atoms with van der Waals surface area (Å²) in [6.45, 7) is 2.51. The minimum absolute atomic E-state index is 0.454. The van der Waals surface area contributed by atoms with Crippen molar-refractivity contribution in [3.05, 3.63) is 27.7 Å². The molecule has 0 amide bonds. The third kappa shape index (κ3) is 3.29. The largest absolute Gasteiger partial charge is 0.396 e. The lowest BCUT2D eigenvalue weighted by Crippen LogP contribution is -2.36. The number of anilines is 1. The molecule has 0 bridgehead atoms. The normalized spacial score (nSPS) is 17.3. The smallest absolute Gasteiger partial charge is 0.0693 e. The van der Waals surface area contributed by atoms with E-state index in [4.69, 9.17) is 33.7 Å². The number of hydrogen-bond acceptors (Lipinski definition) is 3. The highest BCUT2D eigenvalue weighted by Crippen LogP contribution is 2.29. The molecule has 1 fully saturated rings. The van der Waals surface area contributed by atoms with Crippen molar-refractivity contribution in [2.75, 3.05) is 26.0 Å². The lowest BCUT2D eigenvalue weighted by atomic mass is 10.1. The van der Waals surface area contributed by atoms with Crippen molar-refractivity contribution in [3.8, 4) is 0 Å². The minimum Gasteiger partial charge on any atom is -0.396 e. The Morgan fingerprint density at radius 1 is 1.28 bits per heavy atom. The Balaban J connectivity index is 2.04. The van der Waals surface area contributed by atoms with Gasteiger partial charge in [0.05, 0.1) is 15.7 Å². The molecule has 5 heteroatoms.